The van der Waals surface area contributed by atoms with Gasteiger partial charge < -0.3 is 4.52 Å². The van der Waals surface area contributed by atoms with Crippen molar-refractivity contribution in [2.45, 2.75) is 44.1 Å². The van der Waals surface area contributed by atoms with Crippen LogP contribution in [0.25, 0.3) is 0 Å². The topological polar surface area (TPSA) is 93.3 Å². The van der Waals surface area contributed by atoms with E-state index in [1.165, 1.54) is 0 Å². The molecule has 2 aliphatic rings. The fourth-order valence-electron chi connectivity index (χ4n) is 3.17. The molecule has 24 heavy (non-hydrogen) atoms. The molecule has 0 amide bonds. The van der Waals surface area contributed by atoms with Gasteiger partial charge >= 0.3 is 0 Å². The quantitative estimate of drug-likeness (QED) is 0.828. The number of sulfonamides is 1. The average Bonchev–Trinajstić information content (AvgIpc) is 3.18. The molecule has 130 valence electrons. The molecule has 0 spiro atoms. The normalized spacial score (nSPS) is 21.8. The van der Waals surface area contributed by atoms with Crippen molar-refractivity contribution in [3.63, 3.8) is 0 Å². The molecule has 8 nitrogen and oxygen atoms in total. The summed E-state index contributed by atoms with van der Waals surface area (Å²) >= 11 is 0. The van der Waals surface area contributed by atoms with Crippen LogP contribution in [0.3, 0.4) is 0 Å². The van der Waals surface area contributed by atoms with Crippen molar-refractivity contribution in [3.8, 4) is 0 Å². The molecule has 0 unspecified atom stereocenters. The Morgan fingerprint density at radius 2 is 2.25 bits per heavy atom. The minimum atomic E-state index is -3.18. The summed E-state index contributed by atoms with van der Waals surface area (Å²) < 4.78 is 34.0. The number of fused-ring (bicyclic) bond motifs is 1. The molecule has 1 fully saturated rings. The molecule has 1 atom stereocenters. The first-order valence-corrected chi connectivity index (χ1v) is 9.71. The van der Waals surface area contributed by atoms with E-state index in [-0.39, 0.29) is 11.3 Å². The minimum Gasteiger partial charge on any atom is -0.361 e. The van der Waals surface area contributed by atoms with E-state index in [9.17, 15) is 8.42 Å². The monoisotopic (exact) mass is 351 g/mol. The van der Waals surface area contributed by atoms with E-state index in [4.69, 9.17) is 4.52 Å². The Kier molecular flexibility index (Phi) is 3.93. The highest BCUT2D eigenvalue weighted by Crippen LogP contribution is 2.28. The van der Waals surface area contributed by atoms with Gasteiger partial charge in [0.05, 0.1) is 22.7 Å². The van der Waals surface area contributed by atoms with Crippen molar-refractivity contribution in [1.29, 1.82) is 0 Å². The number of aromatic nitrogens is 3. The SMILES string of the molecule is Cc1cc(CN2Cc3ccnn3[C@@H](CNS(=O)(=O)C3CC3)C2)no1. The summed E-state index contributed by atoms with van der Waals surface area (Å²) in [5.41, 5.74) is 1.97. The van der Waals surface area contributed by atoms with Crippen LogP contribution < -0.4 is 4.72 Å². The van der Waals surface area contributed by atoms with Crippen LogP contribution in [-0.2, 0) is 23.1 Å². The van der Waals surface area contributed by atoms with Crippen molar-refractivity contribution in [3.05, 3.63) is 35.5 Å². The van der Waals surface area contributed by atoms with Crippen LogP contribution in [0.15, 0.2) is 22.9 Å². The molecule has 1 aliphatic carbocycles. The highest BCUT2D eigenvalue weighted by atomic mass is 32.2. The van der Waals surface area contributed by atoms with Crippen LogP contribution in [-0.4, -0.2) is 46.6 Å². The Hall–Kier alpha value is -1.71. The zero-order valence-electron chi connectivity index (χ0n) is 13.6. The van der Waals surface area contributed by atoms with Crippen LogP contribution in [0, 0.1) is 6.92 Å². The van der Waals surface area contributed by atoms with E-state index in [1.54, 1.807) is 6.20 Å². The molecule has 9 heteroatoms. The molecule has 0 aromatic carbocycles. The molecule has 0 saturated heterocycles. The first-order valence-electron chi connectivity index (χ1n) is 8.17. The fraction of sp³-hybridized carbons (Fsp3) is 0.600. The maximum atomic E-state index is 12.1. The van der Waals surface area contributed by atoms with Gasteiger partial charge in [-0.25, -0.2) is 13.1 Å². The summed E-state index contributed by atoms with van der Waals surface area (Å²) in [5.74, 6) is 0.792. The van der Waals surface area contributed by atoms with Crippen LogP contribution in [0.5, 0.6) is 0 Å². The lowest BCUT2D eigenvalue weighted by atomic mass is 10.2. The summed E-state index contributed by atoms with van der Waals surface area (Å²) in [6, 6.07) is 3.88. The number of hydrogen-bond donors (Lipinski definition) is 1. The van der Waals surface area contributed by atoms with Crippen LogP contribution in [0.2, 0.25) is 0 Å². The Labute approximate surface area is 140 Å². The maximum Gasteiger partial charge on any atom is 0.214 e. The lowest BCUT2D eigenvalue weighted by Crippen LogP contribution is -2.43. The molecule has 1 saturated carbocycles. The highest BCUT2D eigenvalue weighted by Gasteiger charge is 2.36. The lowest BCUT2D eigenvalue weighted by molar-refractivity contribution is 0.164. The molecule has 3 heterocycles. The average molecular weight is 351 g/mol. The summed E-state index contributed by atoms with van der Waals surface area (Å²) in [5, 5.41) is 8.21. The summed E-state index contributed by atoms with van der Waals surface area (Å²) in [7, 11) is -3.18. The first-order chi connectivity index (χ1) is 11.5. The van der Waals surface area contributed by atoms with Gasteiger partial charge in [0, 0.05) is 38.4 Å². The van der Waals surface area contributed by atoms with E-state index in [1.807, 2.05) is 23.7 Å². The third-order valence-corrected chi connectivity index (χ3v) is 6.42. The lowest BCUT2D eigenvalue weighted by Gasteiger charge is -2.33. The van der Waals surface area contributed by atoms with Gasteiger partial charge in [0.25, 0.3) is 0 Å². The molecule has 1 aliphatic heterocycles. The zero-order valence-corrected chi connectivity index (χ0v) is 14.4. The second-order valence-electron chi connectivity index (χ2n) is 6.61. The van der Waals surface area contributed by atoms with Gasteiger partial charge in [0.1, 0.15) is 5.76 Å². The predicted octanol–water partition coefficient (Wildman–Crippen LogP) is 0.818. The molecular weight excluding hydrogens is 330 g/mol. The third kappa shape index (κ3) is 3.24. The second kappa shape index (κ2) is 5.98. The predicted molar refractivity (Wildman–Crippen MR) is 86.6 cm³/mol. The smallest absolute Gasteiger partial charge is 0.214 e. The largest absolute Gasteiger partial charge is 0.361 e. The Morgan fingerprint density at radius 1 is 1.42 bits per heavy atom. The number of hydrogen-bond acceptors (Lipinski definition) is 6. The van der Waals surface area contributed by atoms with Gasteiger partial charge in [0.15, 0.2) is 0 Å². The van der Waals surface area contributed by atoms with Gasteiger partial charge in [0.2, 0.25) is 10.0 Å². The fourth-order valence-corrected chi connectivity index (χ4v) is 4.58. The number of rotatable bonds is 6. The van der Waals surface area contributed by atoms with Gasteiger partial charge in [-0.1, -0.05) is 5.16 Å². The molecule has 4 rings (SSSR count). The van der Waals surface area contributed by atoms with Crippen molar-refractivity contribution in [2.75, 3.05) is 13.1 Å². The van der Waals surface area contributed by atoms with E-state index in [0.29, 0.717) is 19.6 Å². The van der Waals surface area contributed by atoms with Crippen LogP contribution >= 0.6 is 0 Å². The molecule has 0 radical (unpaired) electrons. The standard InChI is InChI=1S/C15H21N5O3S/c1-11-6-12(18-23-11)8-19-9-13-4-5-16-20(13)14(10-19)7-17-24(21,22)15-2-3-15/h4-6,14-15,17H,2-3,7-10H2,1H3/t14-/m0/s1. The number of nitrogens with one attached hydrogen (secondary N) is 1. The van der Waals surface area contributed by atoms with Gasteiger partial charge in [-0.15, -0.1) is 0 Å². The van der Waals surface area contributed by atoms with Crippen molar-refractivity contribution >= 4 is 10.0 Å². The van der Waals surface area contributed by atoms with Crippen molar-refractivity contribution in [2.24, 2.45) is 0 Å². The zero-order chi connectivity index (χ0) is 16.7. The maximum absolute atomic E-state index is 12.1. The number of nitrogens with zero attached hydrogens (tertiary/aromatic N) is 4. The Morgan fingerprint density at radius 3 is 2.96 bits per heavy atom. The van der Waals surface area contributed by atoms with Gasteiger partial charge in [-0.2, -0.15) is 5.10 Å². The first kappa shape index (κ1) is 15.8. The van der Waals surface area contributed by atoms with Crippen molar-refractivity contribution < 1.29 is 12.9 Å². The number of aryl methyl sites for hydroxylation is 1. The highest BCUT2D eigenvalue weighted by molar-refractivity contribution is 7.90. The van der Waals surface area contributed by atoms with Crippen LogP contribution in [0.4, 0.5) is 0 Å². The Bertz CT molecular complexity index is 824. The summed E-state index contributed by atoms with van der Waals surface area (Å²) in [6.45, 7) is 4.39. The van der Waals surface area contributed by atoms with E-state index >= 15 is 0 Å². The van der Waals surface area contributed by atoms with Gasteiger partial charge in [-0.05, 0) is 25.8 Å². The molecule has 2 aromatic rings. The van der Waals surface area contributed by atoms with Crippen LogP contribution in [0.1, 0.15) is 36.0 Å². The van der Waals surface area contributed by atoms with Crippen molar-refractivity contribution in [1.82, 2.24) is 24.6 Å². The summed E-state index contributed by atoms with van der Waals surface area (Å²) in [4.78, 5) is 2.24. The Balaban J connectivity index is 1.46. The third-order valence-electron chi connectivity index (χ3n) is 4.50. The van der Waals surface area contributed by atoms with E-state index in [2.05, 4.69) is 19.9 Å². The molecular formula is C15H21N5O3S. The van der Waals surface area contributed by atoms with E-state index < -0.39 is 10.0 Å². The molecule has 0 bridgehead atoms. The second-order valence-corrected chi connectivity index (χ2v) is 8.66. The van der Waals surface area contributed by atoms with Gasteiger partial charge in [-0.3, -0.25) is 9.58 Å². The minimum absolute atomic E-state index is 0.0229. The molecule has 2 aromatic heterocycles. The van der Waals surface area contributed by atoms with E-state index in [0.717, 1.165) is 36.5 Å². The summed E-state index contributed by atoms with van der Waals surface area (Å²) in [6.07, 6.45) is 3.30. The molecule has 1 N–H and O–H groups in total.